The van der Waals surface area contributed by atoms with Crippen LogP contribution in [0.4, 0.5) is 5.69 Å². The van der Waals surface area contributed by atoms with E-state index >= 15 is 0 Å². The third-order valence-electron chi connectivity index (χ3n) is 5.45. The number of fused-ring (bicyclic) bond motifs is 1. The van der Waals surface area contributed by atoms with E-state index in [9.17, 15) is 9.59 Å². The van der Waals surface area contributed by atoms with Gasteiger partial charge in [-0.15, -0.1) is 0 Å². The maximum atomic E-state index is 13.2. The Morgan fingerprint density at radius 1 is 0.969 bits per heavy atom. The molecule has 3 aromatic carbocycles. The highest BCUT2D eigenvalue weighted by Gasteiger charge is 2.22. The highest BCUT2D eigenvalue weighted by atomic mass is 16.2. The minimum Gasteiger partial charge on any atom is -0.340 e. The zero-order chi connectivity index (χ0) is 22.3. The van der Waals surface area contributed by atoms with Crippen molar-refractivity contribution in [3.05, 3.63) is 96.3 Å². The van der Waals surface area contributed by atoms with Crippen LogP contribution in [0.5, 0.6) is 0 Å². The Labute approximate surface area is 190 Å². The summed E-state index contributed by atoms with van der Waals surface area (Å²) in [5.41, 5.74) is 4.06. The summed E-state index contributed by atoms with van der Waals surface area (Å²) in [6, 6.07) is 24.0. The zero-order valence-corrected chi connectivity index (χ0v) is 18.0. The first-order chi connectivity index (χ1) is 15.6. The van der Waals surface area contributed by atoms with Crippen LogP contribution in [0, 0.1) is 0 Å². The van der Waals surface area contributed by atoms with Crippen LogP contribution in [0.3, 0.4) is 0 Å². The summed E-state index contributed by atoms with van der Waals surface area (Å²) >= 11 is 0. The first-order valence-electron chi connectivity index (χ1n) is 10.7. The van der Waals surface area contributed by atoms with E-state index in [-0.39, 0.29) is 14.7 Å². The van der Waals surface area contributed by atoms with Crippen molar-refractivity contribution in [3.8, 4) is 0 Å². The second-order valence-corrected chi connectivity index (χ2v) is 7.79. The predicted octanol–water partition coefficient (Wildman–Crippen LogP) is 4.83. The van der Waals surface area contributed by atoms with E-state index in [4.69, 9.17) is 0 Å². The minimum absolute atomic E-state index is 0. The van der Waals surface area contributed by atoms with Crippen LogP contribution in [0.2, 0.25) is 0 Å². The Morgan fingerprint density at radius 2 is 1.69 bits per heavy atom. The summed E-state index contributed by atoms with van der Waals surface area (Å²) in [7, 11) is 1.89. The van der Waals surface area contributed by atoms with Crippen molar-refractivity contribution >= 4 is 28.5 Å². The molecule has 0 spiro atoms. The van der Waals surface area contributed by atoms with Gasteiger partial charge in [0.1, 0.15) is 6.04 Å². The number of amides is 2. The van der Waals surface area contributed by atoms with E-state index < -0.39 is 6.04 Å². The van der Waals surface area contributed by atoms with Gasteiger partial charge in [0.15, 0.2) is 0 Å². The van der Waals surface area contributed by atoms with Gasteiger partial charge in [0.25, 0.3) is 5.91 Å². The van der Waals surface area contributed by atoms with Crippen molar-refractivity contribution in [1.82, 2.24) is 14.9 Å². The van der Waals surface area contributed by atoms with Crippen LogP contribution < -0.4 is 10.6 Å². The van der Waals surface area contributed by atoms with Crippen molar-refractivity contribution < 1.29 is 12.4 Å². The molecular formula is C26H30N4O2. The number of carbonyl (C=O) groups is 2. The number of anilines is 1. The van der Waals surface area contributed by atoms with Gasteiger partial charge in [0.05, 0.1) is 23.0 Å². The number of nitrogens with one attached hydrogen (secondary N) is 2. The lowest BCUT2D eigenvalue weighted by Crippen LogP contribution is -2.44. The lowest BCUT2D eigenvalue weighted by molar-refractivity contribution is -0.118. The highest BCUT2D eigenvalue weighted by Crippen LogP contribution is 2.22. The van der Waals surface area contributed by atoms with Crippen LogP contribution >= 0.6 is 0 Å². The quantitative estimate of drug-likeness (QED) is 0.421. The summed E-state index contributed by atoms with van der Waals surface area (Å²) in [6.07, 6.45) is 3.85. The number of nitrogens with zero attached hydrogens (tertiary/aromatic N) is 2. The highest BCUT2D eigenvalue weighted by molar-refractivity contribution is 6.04. The van der Waals surface area contributed by atoms with Gasteiger partial charge in [-0.3, -0.25) is 9.59 Å². The second-order valence-electron chi connectivity index (χ2n) is 7.79. The van der Waals surface area contributed by atoms with Gasteiger partial charge < -0.3 is 15.2 Å². The van der Waals surface area contributed by atoms with Crippen molar-refractivity contribution in [2.45, 2.75) is 25.3 Å². The van der Waals surface area contributed by atoms with Crippen LogP contribution in [-0.4, -0.2) is 27.4 Å². The van der Waals surface area contributed by atoms with Gasteiger partial charge in [-0.25, -0.2) is 4.98 Å². The zero-order valence-electron chi connectivity index (χ0n) is 18.0. The summed E-state index contributed by atoms with van der Waals surface area (Å²) in [6.45, 7) is 0. The van der Waals surface area contributed by atoms with Gasteiger partial charge in [-0.05, 0) is 49.1 Å². The molecule has 6 nitrogen and oxygen atoms in total. The number of aromatic nitrogens is 2. The van der Waals surface area contributed by atoms with Crippen LogP contribution in [0.15, 0.2) is 85.2 Å². The molecule has 1 aromatic heterocycles. The van der Waals surface area contributed by atoms with E-state index in [0.29, 0.717) is 17.7 Å². The van der Waals surface area contributed by atoms with Crippen molar-refractivity contribution in [2.75, 3.05) is 5.32 Å². The molecule has 166 valence electrons. The Morgan fingerprint density at radius 3 is 2.44 bits per heavy atom. The van der Waals surface area contributed by atoms with E-state index in [1.165, 1.54) is 5.56 Å². The lowest BCUT2D eigenvalue weighted by Gasteiger charge is -2.19. The predicted molar refractivity (Wildman–Crippen MR) is 131 cm³/mol. The smallest absolute Gasteiger partial charge is 0.251 e. The number of imidazole rings is 1. The topological polar surface area (TPSA) is 76.0 Å². The molecule has 2 N–H and O–H groups in total. The van der Waals surface area contributed by atoms with Gasteiger partial charge in [-0.1, -0.05) is 54.6 Å². The molecule has 1 atom stereocenters. The third-order valence-corrected chi connectivity index (χ3v) is 5.45. The number of hydrogen-bond acceptors (Lipinski definition) is 3. The molecule has 6 heteroatoms. The molecule has 1 heterocycles. The number of carbonyl (C=O) groups excluding carboxylic acids is 2. The fraction of sp³-hybridized carbons (Fsp3) is 0.192. The molecule has 0 bridgehead atoms. The first-order valence-corrected chi connectivity index (χ1v) is 10.7. The Kier molecular flexibility index (Phi) is 6.60. The summed E-state index contributed by atoms with van der Waals surface area (Å²) in [5, 5.41) is 5.93. The number of hydrogen-bond donors (Lipinski definition) is 2. The first kappa shape index (κ1) is 21.3. The normalized spacial score (nSPS) is 11.8. The molecule has 0 saturated heterocycles. The SMILES string of the molecule is Cn1cnc2cccc(NC(=O)C(CCCc3ccccc3)NC(=O)c3ccccc3)c21.[HH].[HH]. The van der Waals surface area contributed by atoms with E-state index in [2.05, 4.69) is 27.8 Å². The molecule has 2 amide bonds. The molecule has 4 aromatic rings. The van der Waals surface area contributed by atoms with Crippen molar-refractivity contribution in [3.63, 3.8) is 0 Å². The maximum Gasteiger partial charge on any atom is 0.251 e. The molecule has 0 aliphatic rings. The lowest BCUT2D eigenvalue weighted by atomic mass is 10.0. The van der Waals surface area contributed by atoms with Gasteiger partial charge in [0.2, 0.25) is 5.91 Å². The Hall–Kier alpha value is -3.93. The fourth-order valence-corrected chi connectivity index (χ4v) is 3.79. The minimum atomic E-state index is -0.657. The second kappa shape index (κ2) is 9.92. The van der Waals surface area contributed by atoms with Crippen molar-refractivity contribution in [2.24, 2.45) is 7.05 Å². The summed E-state index contributed by atoms with van der Waals surface area (Å²) < 4.78 is 1.87. The molecule has 4 rings (SSSR count). The fourth-order valence-electron chi connectivity index (χ4n) is 3.79. The van der Waals surface area contributed by atoms with Crippen molar-refractivity contribution in [1.29, 1.82) is 0 Å². The molecule has 32 heavy (non-hydrogen) atoms. The molecule has 0 fully saturated rings. The maximum absolute atomic E-state index is 13.2. The molecule has 0 radical (unpaired) electrons. The Bertz CT molecular complexity index is 1210. The number of aryl methyl sites for hydroxylation is 2. The largest absolute Gasteiger partial charge is 0.340 e. The summed E-state index contributed by atoms with van der Waals surface area (Å²) in [5.74, 6) is -0.500. The molecule has 0 aliphatic heterocycles. The van der Waals surface area contributed by atoms with E-state index in [1.807, 2.05) is 66.2 Å². The molecule has 0 saturated carbocycles. The molecular weight excluding hydrogens is 400 g/mol. The third kappa shape index (κ3) is 5.03. The molecule has 1 unspecified atom stereocenters. The average Bonchev–Trinajstić information content (AvgIpc) is 3.21. The van der Waals surface area contributed by atoms with Crippen LogP contribution in [0.1, 0.15) is 31.6 Å². The van der Waals surface area contributed by atoms with Gasteiger partial charge in [-0.2, -0.15) is 0 Å². The average molecular weight is 431 g/mol. The summed E-state index contributed by atoms with van der Waals surface area (Å²) in [4.78, 5) is 30.4. The number of para-hydroxylation sites is 1. The number of rotatable bonds is 8. The van der Waals surface area contributed by atoms with Gasteiger partial charge >= 0.3 is 0 Å². The van der Waals surface area contributed by atoms with E-state index in [0.717, 1.165) is 23.9 Å². The Balaban J connectivity index is 0.00000204. The van der Waals surface area contributed by atoms with E-state index in [1.54, 1.807) is 18.5 Å². The van der Waals surface area contributed by atoms with Gasteiger partial charge in [0, 0.05) is 15.5 Å². The van der Waals surface area contributed by atoms with Crippen LogP contribution in [0.25, 0.3) is 11.0 Å². The van der Waals surface area contributed by atoms with Crippen LogP contribution in [-0.2, 0) is 18.3 Å². The standard InChI is InChI=1S/C26H26N4O2.2H2/c1-30-18-27-21-15-9-16-22(24(21)30)28-26(32)23(17-8-12-19-10-4-2-5-11-19)29-25(31)20-13-6-3-7-14-20;;/h2-7,9-11,13-16,18,23H,8,12,17H2,1H3,(H,28,32)(H,29,31);2*1H. The monoisotopic (exact) mass is 430 g/mol. The molecule has 0 aliphatic carbocycles. The number of benzene rings is 3.